The molecule has 208 valence electrons. The molecule has 2 aromatic carbocycles. The van der Waals surface area contributed by atoms with Crippen LogP contribution in [0.4, 0.5) is 5.69 Å². The Morgan fingerprint density at radius 3 is 2.77 bits per heavy atom. The number of methoxy groups -OCH3 is 1. The number of anilines is 1. The Balaban J connectivity index is 1.25. The van der Waals surface area contributed by atoms with Gasteiger partial charge in [-0.1, -0.05) is 33.2 Å². The zero-order valence-corrected chi connectivity index (χ0v) is 23.9. The summed E-state index contributed by atoms with van der Waals surface area (Å²) < 4.78 is 44.8. The number of hydrogen-bond acceptors (Lipinski definition) is 9. The predicted octanol–water partition coefficient (Wildman–Crippen LogP) is 3.38. The minimum Gasteiger partial charge on any atom is -0.495 e. The first-order valence-corrected chi connectivity index (χ1v) is 14.9. The first kappa shape index (κ1) is 27.7. The standard InChI is InChI=1S/C26H30BrN5O6S/c1-36-23-8-7-21(39(34,35)32-10-12-37-13-11-32)15-22(23)28-26(33)19-5-3-9-31(16-19)17-24-29-25(30-38-24)18-4-2-6-20(27)14-18/h2,4,6-8,14-15,19H,3,5,9-13,16-17H2,1H3,(H,28,33). The Kier molecular flexibility index (Phi) is 8.62. The van der Waals surface area contributed by atoms with Crippen molar-refractivity contribution in [1.82, 2.24) is 19.3 Å². The molecule has 3 aromatic rings. The topological polar surface area (TPSA) is 127 Å². The third-order valence-electron chi connectivity index (χ3n) is 6.82. The second kappa shape index (κ2) is 12.1. The number of rotatable bonds is 8. The monoisotopic (exact) mass is 619 g/mol. The molecule has 39 heavy (non-hydrogen) atoms. The van der Waals surface area contributed by atoms with Crippen LogP contribution in [0, 0.1) is 5.92 Å². The number of nitrogens with zero attached hydrogens (tertiary/aromatic N) is 4. The number of carbonyl (C=O) groups excluding carboxylic acids is 1. The lowest BCUT2D eigenvalue weighted by Gasteiger charge is -2.31. The maximum absolute atomic E-state index is 13.3. The number of sulfonamides is 1. The SMILES string of the molecule is COc1ccc(S(=O)(=O)N2CCOCC2)cc1NC(=O)C1CCCN(Cc2nc(-c3cccc(Br)c3)no2)C1. The third-order valence-corrected chi connectivity index (χ3v) is 9.21. The van der Waals surface area contributed by atoms with Gasteiger partial charge >= 0.3 is 0 Å². The lowest BCUT2D eigenvalue weighted by Crippen LogP contribution is -2.41. The third kappa shape index (κ3) is 6.49. The summed E-state index contributed by atoms with van der Waals surface area (Å²) in [6.07, 6.45) is 1.54. The Hall–Kier alpha value is -2.84. The largest absolute Gasteiger partial charge is 0.495 e. The molecule has 0 saturated carbocycles. The van der Waals surface area contributed by atoms with E-state index in [4.69, 9.17) is 14.0 Å². The van der Waals surface area contributed by atoms with Gasteiger partial charge in [0, 0.05) is 29.7 Å². The number of carbonyl (C=O) groups is 1. The molecule has 1 amide bonds. The van der Waals surface area contributed by atoms with Gasteiger partial charge in [-0.2, -0.15) is 9.29 Å². The number of piperidine rings is 1. The van der Waals surface area contributed by atoms with Gasteiger partial charge in [0.05, 0.1) is 43.4 Å². The van der Waals surface area contributed by atoms with Crippen molar-refractivity contribution in [3.63, 3.8) is 0 Å². The van der Waals surface area contributed by atoms with E-state index in [-0.39, 0.29) is 16.7 Å². The van der Waals surface area contributed by atoms with Crippen LogP contribution in [0.5, 0.6) is 5.75 Å². The number of hydrogen-bond donors (Lipinski definition) is 1. The molecule has 0 aliphatic carbocycles. The minimum atomic E-state index is -3.72. The van der Waals surface area contributed by atoms with E-state index in [0.717, 1.165) is 23.0 Å². The highest BCUT2D eigenvalue weighted by atomic mass is 79.9. The van der Waals surface area contributed by atoms with Crippen molar-refractivity contribution in [3.05, 3.63) is 52.8 Å². The number of likely N-dealkylation sites (tertiary alicyclic amines) is 1. The Morgan fingerprint density at radius 1 is 1.18 bits per heavy atom. The second-order valence-electron chi connectivity index (χ2n) is 9.46. The van der Waals surface area contributed by atoms with Gasteiger partial charge in [0.15, 0.2) is 0 Å². The Bertz CT molecular complexity index is 1430. The molecule has 2 aliphatic heterocycles. The van der Waals surface area contributed by atoms with E-state index in [0.29, 0.717) is 69.0 Å². The fourth-order valence-corrected chi connectivity index (χ4v) is 6.62. The molecule has 1 unspecified atom stereocenters. The number of benzene rings is 2. The molecule has 5 rings (SSSR count). The first-order chi connectivity index (χ1) is 18.8. The van der Waals surface area contributed by atoms with E-state index >= 15 is 0 Å². The molecule has 2 fully saturated rings. The van der Waals surface area contributed by atoms with Crippen LogP contribution in [-0.2, 0) is 26.1 Å². The van der Waals surface area contributed by atoms with Gasteiger partial charge < -0.3 is 19.3 Å². The second-order valence-corrected chi connectivity index (χ2v) is 12.3. The van der Waals surface area contributed by atoms with Crippen LogP contribution >= 0.6 is 15.9 Å². The first-order valence-electron chi connectivity index (χ1n) is 12.7. The molecule has 1 N–H and O–H groups in total. The van der Waals surface area contributed by atoms with E-state index in [1.54, 1.807) is 6.07 Å². The van der Waals surface area contributed by atoms with Crippen LogP contribution in [-0.4, -0.2) is 80.2 Å². The van der Waals surface area contributed by atoms with E-state index in [2.05, 4.69) is 36.3 Å². The lowest BCUT2D eigenvalue weighted by atomic mass is 9.97. The predicted molar refractivity (Wildman–Crippen MR) is 147 cm³/mol. The number of ether oxygens (including phenoxy) is 2. The van der Waals surface area contributed by atoms with Crippen molar-refractivity contribution in [1.29, 1.82) is 0 Å². The molecule has 3 heterocycles. The fourth-order valence-electron chi connectivity index (χ4n) is 4.78. The van der Waals surface area contributed by atoms with Gasteiger partial charge in [0.25, 0.3) is 0 Å². The fraction of sp³-hybridized carbons (Fsp3) is 0.423. The molecule has 2 saturated heterocycles. The van der Waals surface area contributed by atoms with Gasteiger partial charge in [-0.15, -0.1) is 0 Å². The van der Waals surface area contributed by atoms with Crippen molar-refractivity contribution in [2.45, 2.75) is 24.3 Å². The summed E-state index contributed by atoms with van der Waals surface area (Å²) in [7, 11) is -2.24. The number of morpholine rings is 1. The summed E-state index contributed by atoms with van der Waals surface area (Å²) >= 11 is 3.45. The molecule has 0 spiro atoms. The van der Waals surface area contributed by atoms with Gasteiger partial charge in [-0.25, -0.2) is 8.42 Å². The normalized spacial score (nSPS) is 19.1. The zero-order chi connectivity index (χ0) is 27.4. The van der Waals surface area contributed by atoms with Crippen molar-refractivity contribution in [2.24, 2.45) is 5.92 Å². The van der Waals surface area contributed by atoms with Crippen molar-refractivity contribution < 1.29 is 27.2 Å². The summed E-state index contributed by atoms with van der Waals surface area (Å²) in [4.78, 5) is 20.0. The highest BCUT2D eigenvalue weighted by Crippen LogP contribution is 2.31. The van der Waals surface area contributed by atoms with Crippen LogP contribution in [0.15, 0.2) is 56.4 Å². The molecule has 11 nitrogen and oxygen atoms in total. The maximum Gasteiger partial charge on any atom is 0.243 e. The van der Waals surface area contributed by atoms with E-state index < -0.39 is 10.0 Å². The highest BCUT2D eigenvalue weighted by Gasteiger charge is 2.30. The highest BCUT2D eigenvalue weighted by molar-refractivity contribution is 9.10. The minimum absolute atomic E-state index is 0.100. The Labute approximate surface area is 235 Å². The number of amides is 1. The van der Waals surface area contributed by atoms with Crippen molar-refractivity contribution >= 4 is 37.5 Å². The molecular weight excluding hydrogens is 590 g/mol. The number of aromatic nitrogens is 2. The molecule has 0 radical (unpaired) electrons. The summed E-state index contributed by atoms with van der Waals surface area (Å²) in [5, 5.41) is 7.01. The summed E-state index contributed by atoms with van der Waals surface area (Å²) in [5.74, 6) is 0.892. The molecule has 13 heteroatoms. The van der Waals surface area contributed by atoms with Gasteiger partial charge in [-0.3, -0.25) is 9.69 Å². The van der Waals surface area contributed by atoms with Gasteiger partial charge in [0.1, 0.15) is 5.75 Å². The van der Waals surface area contributed by atoms with E-state index in [1.165, 1.54) is 23.5 Å². The van der Waals surface area contributed by atoms with Crippen molar-refractivity contribution in [2.75, 3.05) is 51.8 Å². The quantitative estimate of drug-likeness (QED) is 0.403. The van der Waals surface area contributed by atoms with E-state index in [9.17, 15) is 13.2 Å². The number of nitrogens with one attached hydrogen (secondary N) is 1. The molecule has 0 bridgehead atoms. The van der Waals surface area contributed by atoms with Crippen molar-refractivity contribution in [3.8, 4) is 17.1 Å². The van der Waals surface area contributed by atoms with Gasteiger partial charge in [-0.05, 0) is 49.7 Å². The van der Waals surface area contributed by atoms with Crippen LogP contribution in [0.1, 0.15) is 18.7 Å². The molecule has 1 atom stereocenters. The van der Waals surface area contributed by atoms with Crippen LogP contribution < -0.4 is 10.1 Å². The zero-order valence-electron chi connectivity index (χ0n) is 21.5. The maximum atomic E-state index is 13.3. The van der Waals surface area contributed by atoms with Crippen LogP contribution in [0.25, 0.3) is 11.4 Å². The average molecular weight is 621 g/mol. The Morgan fingerprint density at radius 2 is 2.00 bits per heavy atom. The summed E-state index contributed by atoms with van der Waals surface area (Å²) in [6.45, 7) is 3.03. The summed E-state index contributed by atoms with van der Waals surface area (Å²) in [5.41, 5.74) is 1.17. The molecule has 2 aliphatic rings. The number of halogens is 1. The van der Waals surface area contributed by atoms with Crippen LogP contribution in [0.2, 0.25) is 0 Å². The van der Waals surface area contributed by atoms with Crippen LogP contribution in [0.3, 0.4) is 0 Å². The molecule has 1 aromatic heterocycles. The lowest BCUT2D eigenvalue weighted by molar-refractivity contribution is -0.121. The van der Waals surface area contributed by atoms with E-state index in [1.807, 2.05) is 24.3 Å². The average Bonchev–Trinajstić information content (AvgIpc) is 3.42. The molecular formula is C26H30BrN5O6S. The summed E-state index contributed by atoms with van der Waals surface area (Å²) in [6, 6.07) is 12.2. The van der Waals surface area contributed by atoms with Gasteiger partial charge in [0.2, 0.25) is 27.6 Å². The smallest absolute Gasteiger partial charge is 0.243 e.